The number of nitrogens with one attached hydrogen (secondary N) is 2. The third kappa shape index (κ3) is 4.31. The number of hydrogen-bond acceptors (Lipinski definition) is 5. The number of carbonyl (C=O) groups is 2. The molecule has 0 aliphatic carbocycles. The number of imidazole rings is 1. The molecule has 1 aromatic rings. The quantitative estimate of drug-likeness (QED) is 0.816. The van der Waals surface area contributed by atoms with E-state index in [0.29, 0.717) is 12.5 Å². The highest BCUT2D eigenvalue weighted by atomic mass is 16.5. The molecule has 140 valence electrons. The van der Waals surface area contributed by atoms with E-state index in [-0.39, 0.29) is 11.9 Å². The standard InChI is InChI=1S/C17H28N4O4/c1-10(2)12-9-18-15(19-12)13-7-6-8-21(13)16(22)14(11(3)24-4)20-17(23)25-5/h9-11,13-14H,6-8H2,1-5H3,(H,18,19)(H,20,23)/t11-,13-,14-/m0/s1. The van der Waals surface area contributed by atoms with Gasteiger partial charge in [0.2, 0.25) is 5.91 Å². The van der Waals surface area contributed by atoms with Gasteiger partial charge in [0, 0.05) is 25.5 Å². The minimum absolute atomic E-state index is 0.119. The molecule has 0 spiro atoms. The minimum atomic E-state index is -0.808. The van der Waals surface area contributed by atoms with Gasteiger partial charge in [-0.25, -0.2) is 9.78 Å². The summed E-state index contributed by atoms with van der Waals surface area (Å²) in [6.07, 6.45) is 2.42. The van der Waals surface area contributed by atoms with Crippen LogP contribution in [0.1, 0.15) is 57.1 Å². The molecule has 0 saturated carbocycles. The molecule has 2 amide bonds. The summed E-state index contributed by atoms with van der Waals surface area (Å²) in [6, 6.07) is -0.927. The lowest BCUT2D eigenvalue weighted by Gasteiger charge is -2.30. The molecule has 8 heteroatoms. The van der Waals surface area contributed by atoms with Gasteiger partial charge in [-0.1, -0.05) is 13.8 Å². The number of methoxy groups -OCH3 is 2. The summed E-state index contributed by atoms with van der Waals surface area (Å²) in [6.45, 7) is 6.54. The molecule has 8 nitrogen and oxygen atoms in total. The van der Waals surface area contributed by atoms with Crippen LogP contribution in [-0.2, 0) is 14.3 Å². The van der Waals surface area contributed by atoms with E-state index in [1.807, 2.05) is 6.20 Å². The first-order chi connectivity index (χ1) is 11.9. The van der Waals surface area contributed by atoms with Crippen molar-refractivity contribution in [1.82, 2.24) is 20.2 Å². The van der Waals surface area contributed by atoms with Gasteiger partial charge in [-0.15, -0.1) is 0 Å². The molecule has 0 unspecified atom stereocenters. The second-order valence-electron chi connectivity index (χ2n) is 6.62. The summed E-state index contributed by atoms with van der Waals surface area (Å²) in [5.41, 5.74) is 1.05. The number of aromatic nitrogens is 2. The lowest BCUT2D eigenvalue weighted by molar-refractivity contribution is -0.137. The summed E-state index contributed by atoms with van der Waals surface area (Å²) in [4.78, 5) is 34.2. The predicted octanol–water partition coefficient (Wildman–Crippen LogP) is 1.96. The van der Waals surface area contributed by atoms with Crippen LogP contribution < -0.4 is 5.32 Å². The summed E-state index contributed by atoms with van der Waals surface area (Å²) in [5, 5.41) is 2.58. The van der Waals surface area contributed by atoms with E-state index >= 15 is 0 Å². The van der Waals surface area contributed by atoms with Crippen LogP contribution in [0.3, 0.4) is 0 Å². The average molecular weight is 352 g/mol. The first-order valence-electron chi connectivity index (χ1n) is 8.61. The smallest absolute Gasteiger partial charge is 0.407 e. The average Bonchev–Trinajstić information content (AvgIpc) is 3.26. The number of rotatable bonds is 6. The van der Waals surface area contributed by atoms with E-state index < -0.39 is 18.2 Å². The Hall–Kier alpha value is -2.09. The van der Waals surface area contributed by atoms with E-state index in [1.54, 1.807) is 11.8 Å². The van der Waals surface area contributed by atoms with Gasteiger partial charge >= 0.3 is 6.09 Å². The molecule has 0 aromatic carbocycles. The first kappa shape index (κ1) is 19.2. The number of hydrogen-bond donors (Lipinski definition) is 2. The molecular formula is C17H28N4O4. The summed E-state index contributed by atoms with van der Waals surface area (Å²) in [7, 11) is 2.77. The third-order valence-electron chi connectivity index (χ3n) is 4.65. The number of likely N-dealkylation sites (tertiary alicyclic amines) is 1. The van der Waals surface area contributed by atoms with E-state index in [9.17, 15) is 9.59 Å². The van der Waals surface area contributed by atoms with Gasteiger partial charge in [-0.3, -0.25) is 4.79 Å². The van der Waals surface area contributed by atoms with Crippen LogP contribution in [0.5, 0.6) is 0 Å². The van der Waals surface area contributed by atoms with E-state index in [2.05, 4.69) is 33.9 Å². The molecule has 0 bridgehead atoms. The van der Waals surface area contributed by atoms with E-state index in [4.69, 9.17) is 4.74 Å². The fourth-order valence-corrected chi connectivity index (χ4v) is 3.01. The zero-order valence-electron chi connectivity index (χ0n) is 15.5. The summed E-state index contributed by atoms with van der Waals surface area (Å²) >= 11 is 0. The molecule has 0 radical (unpaired) electrons. The largest absolute Gasteiger partial charge is 0.453 e. The molecule has 1 saturated heterocycles. The van der Waals surface area contributed by atoms with Crippen LogP contribution in [0, 0.1) is 0 Å². The Kier molecular flexibility index (Phi) is 6.41. The van der Waals surface area contributed by atoms with Gasteiger partial charge in [0.15, 0.2) is 0 Å². The van der Waals surface area contributed by atoms with Crippen LogP contribution in [0.4, 0.5) is 4.79 Å². The highest BCUT2D eigenvalue weighted by molar-refractivity contribution is 5.86. The van der Waals surface area contributed by atoms with Crippen LogP contribution in [0.15, 0.2) is 6.20 Å². The number of ether oxygens (including phenoxy) is 2. The zero-order valence-corrected chi connectivity index (χ0v) is 15.5. The Balaban J connectivity index is 2.20. The van der Waals surface area contributed by atoms with Crippen molar-refractivity contribution < 1.29 is 19.1 Å². The number of amides is 2. The number of H-pyrrole nitrogens is 1. The van der Waals surface area contributed by atoms with Crippen LogP contribution in [-0.4, -0.2) is 59.8 Å². The van der Waals surface area contributed by atoms with Crippen molar-refractivity contribution in [1.29, 1.82) is 0 Å². The molecule has 2 N–H and O–H groups in total. The topological polar surface area (TPSA) is 96.5 Å². The van der Waals surface area contributed by atoms with E-state index in [1.165, 1.54) is 14.2 Å². The number of nitrogens with zero attached hydrogens (tertiary/aromatic N) is 2. The minimum Gasteiger partial charge on any atom is -0.453 e. The Labute approximate surface area is 148 Å². The fourth-order valence-electron chi connectivity index (χ4n) is 3.01. The molecule has 25 heavy (non-hydrogen) atoms. The normalized spacial score (nSPS) is 19.8. The maximum Gasteiger partial charge on any atom is 0.407 e. The molecule has 3 atom stereocenters. The molecule has 1 aliphatic heterocycles. The fraction of sp³-hybridized carbons (Fsp3) is 0.706. The van der Waals surface area contributed by atoms with E-state index in [0.717, 1.165) is 24.4 Å². The van der Waals surface area contributed by atoms with Crippen molar-refractivity contribution in [3.63, 3.8) is 0 Å². The number of aromatic amines is 1. The second kappa shape index (κ2) is 8.33. The molecule has 1 aliphatic rings. The molecule has 1 fully saturated rings. The highest BCUT2D eigenvalue weighted by Gasteiger charge is 2.38. The highest BCUT2D eigenvalue weighted by Crippen LogP contribution is 2.31. The summed E-state index contributed by atoms with van der Waals surface area (Å²) < 4.78 is 9.91. The maximum absolute atomic E-state index is 13.1. The first-order valence-corrected chi connectivity index (χ1v) is 8.61. The van der Waals surface area contributed by atoms with Gasteiger partial charge in [0.05, 0.1) is 19.3 Å². The second-order valence-corrected chi connectivity index (χ2v) is 6.62. The van der Waals surface area contributed by atoms with Gasteiger partial charge in [0.25, 0.3) is 0 Å². The third-order valence-corrected chi connectivity index (χ3v) is 4.65. The Morgan fingerprint density at radius 2 is 2.08 bits per heavy atom. The van der Waals surface area contributed by atoms with Crippen molar-refractivity contribution in [2.45, 2.75) is 57.7 Å². The molecule has 2 rings (SSSR count). The zero-order chi connectivity index (χ0) is 18.6. The number of alkyl carbamates (subject to hydrolysis) is 1. The van der Waals surface area contributed by atoms with Crippen molar-refractivity contribution >= 4 is 12.0 Å². The molecule has 2 heterocycles. The summed E-state index contributed by atoms with van der Waals surface area (Å²) in [5.74, 6) is 0.940. The van der Waals surface area contributed by atoms with Crippen LogP contribution >= 0.6 is 0 Å². The lowest BCUT2D eigenvalue weighted by atomic mass is 10.1. The maximum atomic E-state index is 13.1. The molecular weight excluding hydrogens is 324 g/mol. The van der Waals surface area contributed by atoms with Crippen molar-refractivity contribution in [2.24, 2.45) is 0 Å². The SMILES string of the molecule is COC(=O)N[C@H](C(=O)N1CCC[C@H]1c1ncc(C(C)C)[nH]1)[C@H](C)OC. The van der Waals surface area contributed by atoms with Crippen molar-refractivity contribution in [3.05, 3.63) is 17.7 Å². The van der Waals surface area contributed by atoms with Crippen molar-refractivity contribution in [2.75, 3.05) is 20.8 Å². The van der Waals surface area contributed by atoms with Crippen molar-refractivity contribution in [3.8, 4) is 0 Å². The Morgan fingerprint density at radius 3 is 2.64 bits per heavy atom. The Morgan fingerprint density at radius 1 is 1.36 bits per heavy atom. The van der Waals surface area contributed by atoms with Crippen LogP contribution in [0.2, 0.25) is 0 Å². The molecule has 1 aromatic heterocycles. The van der Waals surface area contributed by atoms with Gasteiger partial charge in [-0.2, -0.15) is 0 Å². The lowest BCUT2D eigenvalue weighted by Crippen LogP contribution is -2.54. The Bertz CT molecular complexity index is 601. The van der Waals surface area contributed by atoms with Crippen LogP contribution in [0.25, 0.3) is 0 Å². The monoisotopic (exact) mass is 352 g/mol. The van der Waals surface area contributed by atoms with Gasteiger partial charge in [-0.05, 0) is 25.7 Å². The number of carbonyl (C=O) groups excluding carboxylic acids is 2. The van der Waals surface area contributed by atoms with Gasteiger partial charge < -0.3 is 24.7 Å². The van der Waals surface area contributed by atoms with Gasteiger partial charge in [0.1, 0.15) is 11.9 Å². The predicted molar refractivity (Wildman–Crippen MR) is 92.2 cm³/mol.